The first kappa shape index (κ1) is 17.4. The number of nitro benzene ring substituents is 1. The zero-order valence-electron chi connectivity index (χ0n) is 12.5. The molecule has 0 fully saturated rings. The molecule has 1 rings (SSSR count). The van der Waals surface area contributed by atoms with Crippen LogP contribution in [0.3, 0.4) is 0 Å². The van der Waals surface area contributed by atoms with Crippen molar-refractivity contribution in [3.05, 3.63) is 40.0 Å². The molecule has 0 aliphatic carbocycles. The first-order valence-electron chi connectivity index (χ1n) is 6.85. The molecular formula is C15H18N2O5. The summed E-state index contributed by atoms with van der Waals surface area (Å²) in [5.74, 6) is -0.845. The number of non-ortho nitro benzene ring substituents is 1. The van der Waals surface area contributed by atoms with Crippen LogP contribution in [-0.4, -0.2) is 23.4 Å². The highest BCUT2D eigenvalue weighted by Gasteiger charge is 2.10. The van der Waals surface area contributed by atoms with E-state index in [0.29, 0.717) is 17.9 Å². The van der Waals surface area contributed by atoms with E-state index in [1.165, 1.54) is 37.3 Å². The standard InChI is InChI=1S/C15H18N2O5/c1-3-4-9-22-15(19)8-5-12-10-13(17(20)21)6-7-14(12)16-11(2)18/h5-8,10H,3-4,9H2,1-2H3,(H,16,18)/b8-5+. The van der Waals surface area contributed by atoms with Crippen molar-refractivity contribution in [2.75, 3.05) is 11.9 Å². The van der Waals surface area contributed by atoms with Crippen molar-refractivity contribution in [3.8, 4) is 0 Å². The van der Waals surface area contributed by atoms with Gasteiger partial charge >= 0.3 is 5.97 Å². The maximum atomic E-state index is 11.5. The molecule has 0 heterocycles. The van der Waals surface area contributed by atoms with Gasteiger partial charge in [-0.15, -0.1) is 0 Å². The number of unbranched alkanes of at least 4 members (excludes halogenated alkanes) is 1. The third kappa shape index (κ3) is 5.74. The van der Waals surface area contributed by atoms with Crippen LogP contribution in [0.4, 0.5) is 11.4 Å². The topological polar surface area (TPSA) is 98.5 Å². The van der Waals surface area contributed by atoms with Crippen molar-refractivity contribution in [3.63, 3.8) is 0 Å². The largest absolute Gasteiger partial charge is 0.463 e. The predicted molar refractivity (Wildman–Crippen MR) is 82.3 cm³/mol. The van der Waals surface area contributed by atoms with Crippen molar-refractivity contribution in [1.82, 2.24) is 0 Å². The molecule has 0 saturated heterocycles. The Balaban J connectivity index is 2.93. The van der Waals surface area contributed by atoms with Crippen LogP contribution in [0.15, 0.2) is 24.3 Å². The van der Waals surface area contributed by atoms with Gasteiger partial charge in [0.2, 0.25) is 5.91 Å². The average Bonchev–Trinajstić information content (AvgIpc) is 2.45. The molecule has 1 N–H and O–H groups in total. The molecule has 118 valence electrons. The quantitative estimate of drug-likeness (QED) is 0.274. The van der Waals surface area contributed by atoms with Crippen LogP contribution in [-0.2, 0) is 14.3 Å². The molecule has 0 atom stereocenters. The number of hydrogen-bond acceptors (Lipinski definition) is 5. The Bertz CT molecular complexity index is 596. The monoisotopic (exact) mass is 306 g/mol. The van der Waals surface area contributed by atoms with Gasteiger partial charge in [0, 0.05) is 36.4 Å². The van der Waals surface area contributed by atoms with Crippen molar-refractivity contribution in [2.45, 2.75) is 26.7 Å². The van der Waals surface area contributed by atoms with Gasteiger partial charge in [0.05, 0.1) is 11.5 Å². The number of carbonyl (C=O) groups excluding carboxylic acids is 2. The van der Waals surface area contributed by atoms with Crippen molar-refractivity contribution in [1.29, 1.82) is 0 Å². The highest BCUT2D eigenvalue weighted by atomic mass is 16.6. The smallest absolute Gasteiger partial charge is 0.330 e. The van der Waals surface area contributed by atoms with Crippen LogP contribution in [0.1, 0.15) is 32.3 Å². The molecule has 0 aliphatic rings. The fourth-order valence-corrected chi connectivity index (χ4v) is 1.63. The summed E-state index contributed by atoms with van der Waals surface area (Å²) in [6, 6.07) is 3.98. The Hall–Kier alpha value is -2.70. The van der Waals surface area contributed by atoms with Gasteiger partial charge in [-0.1, -0.05) is 13.3 Å². The normalized spacial score (nSPS) is 10.5. The van der Waals surface area contributed by atoms with E-state index in [-0.39, 0.29) is 11.6 Å². The van der Waals surface area contributed by atoms with Crippen molar-refractivity contribution >= 4 is 29.3 Å². The van der Waals surface area contributed by atoms with E-state index in [0.717, 1.165) is 12.8 Å². The van der Waals surface area contributed by atoms with E-state index < -0.39 is 10.9 Å². The van der Waals surface area contributed by atoms with Gasteiger partial charge in [-0.25, -0.2) is 4.79 Å². The number of benzene rings is 1. The molecule has 0 saturated carbocycles. The van der Waals surface area contributed by atoms with E-state index in [9.17, 15) is 19.7 Å². The first-order valence-corrected chi connectivity index (χ1v) is 6.85. The Morgan fingerprint density at radius 1 is 1.41 bits per heavy atom. The third-order valence-corrected chi connectivity index (χ3v) is 2.70. The second-order valence-electron chi connectivity index (χ2n) is 4.56. The lowest BCUT2D eigenvalue weighted by atomic mass is 10.1. The molecule has 22 heavy (non-hydrogen) atoms. The zero-order valence-corrected chi connectivity index (χ0v) is 12.5. The van der Waals surface area contributed by atoms with E-state index in [1.54, 1.807) is 0 Å². The highest BCUT2D eigenvalue weighted by Crippen LogP contribution is 2.23. The van der Waals surface area contributed by atoms with Crippen LogP contribution in [0.2, 0.25) is 0 Å². The molecule has 0 radical (unpaired) electrons. The van der Waals surface area contributed by atoms with Gasteiger partial charge in [-0.2, -0.15) is 0 Å². The molecule has 7 nitrogen and oxygen atoms in total. The molecule has 1 aromatic carbocycles. The van der Waals surface area contributed by atoms with E-state index in [2.05, 4.69) is 5.32 Å². The minimum atomic E-state index is -0.547. The van der Waals surface area contributed by atoms with E-state index >= 15 is 0 Å². The summed E-state index contributed by atoms with van der Waals surface area (Å²) in [7, 11) is 0. The molecule has 0 spiro atoms. The van der Waals surface area contributed by atoms with Crippen LogP contribution in [0.5, 0.6) is 0 Å². The fraction of sp³-hybridized carbons (Fsp3) is 0.333. The summed E-state index contributed by atoms with van der Waals surface area (Å²) >= 11 is 0. The van der Waals surface area contributed by atoms with Gasteiger partial charge in [0.25, 0.3) is 5.69 Å². The number of hydrogen-bond donors (Lipinski definition) is 1. The number of anilines is 1. The zero-order chi connectivity index (χ0) is 16.5. The summed E-state index contributed by atoms with van der Waals surface area (Å²) < 4.78 is 4.96. The summed E-state index contributed by atoms with van der Waals surface area (Å²) in [5.41, 5.74) is 0.612. The third-order valence-electron chi connectivity index (χ3n) is 2.70. The first-order chi connectivity index (χ1) is 10.4. The van der Waals surface area contributed by atoms with Crippen molar-refractivity contribution in [2.24, 2.45) is 0 Å². The highest BCUT2D eigenvalue weighted by molar-refractivity contribution is 5.94. The average molecular weight is 306 g/mol. The maximum absolute atomic E-state index is 11.5. The minimum Gasteiger partial charge on any atom is -0.463 e. The number of esters is 1. The van der Waals surface area contributed by atoms with Crippen LogP contribution < -0.4 is 5.32 Å². The molecule has 0 aliphatic heterocycles. The summed E-state index contributed by atoms with van der Waals surface area (Å²) in [5, 5.41) is 13.4. The number of carbonyl (C=O) groups is 2. The number of rotatable bonds is 7. The maximum Gasteiger partial charge on any atom is 0.330 e. The Kier molecular flexibility index (Phi) is 6.75. The molecule has 1 aromatic rings. The van der Waals surface area contributed by atoms with Gasteiger partial charge in [-0.3, -0.25) is 14.9 Å². The fourth-order valence-electron chi connectivity index (χ4n) is 1.63. The Morgan fingerprint density at radius 3 is 2.73 bits per heavy atom. The molecule has 0 aromatic heterocycles. The molecule has 0 bridgehead atoms. The number of nitro groups is 1. The SMILES string of the molecule is CCCCOC(=O)/C=C/c1cc([N+](=O)[O-])ccc1NC(C)=O. The molecule has 1 amide bonds. The van der Waals surface area contributed by atoms with Gasteiger partial charge in [0.15, 0.2) is 0 Å². The predicted octanol–water partition coefficient (Wildman–Crippen LogP) is 2.91. The molecule has 0 unspecified atom stereocenters. The summed E-state index contributed by atoms with van der Waals surface area (Å²) in [4.78, 5) is 32.9. The molecule has 7 heteroatoms. The second kappa shape index (κ2) is 8.56. The van der Waals surface area contributed by atoms with Gasteiger partial charge in [0.1, 0.15) is 0 Å². The second-order valence-corrected chi connectivity index (χ2v) is 4.56. The number of nitrogens with zero attached hydrogens (tertiary/aromatic N) is 1. The van der Waals surface area contributed by atoms with E-state index in [1.807, 2.05) is 6.92 Å². The Morgan fingerprint density at radius 2 is 2.14 bits per heavy atom. The van der Waals surface area contributed by atoms with Crippen LogP contribution in [0, 0.1) is 10.1 Å². The number of ether oxygens (including phenoxy) is 1. The number of amides is 1. The van der Waals surface area contributed by atoms with Crippen molar-refractivity contribution < 1.29 is 19.2 Å². The van der Waals surface area contributed by atoms with Gasteiger partial charge in [-0.05, 0) is 18.6 Å². The lowest BCUT2D eigenvalue weighted by Gasteiger charge is -2.06. The number of nitrogens with one attached hydrogen (secondary N) is 1. The van der Waals surface area contributed by atoms with Crippen LogP contribution in [0.25, 0.3) is 6.08 Å². The van der Waals surface area contributed by atoms with Crippen LogP contribution >= 0.6 is 0 Å². The van der Waals surface area contributed by atoms with E-state index in [4.69, 9.17) is 4.74 Å². The van der Waals surface area contributed by atoms with Gasteiger partial charge < -0.3 is 10.1 Å². The lowest BCUT2D eigenvalue weighted by Crippen LogP contribution is -2.07. The molecular weight excluding hydrogens is 288 g/mol. The lowest BCUT2D eigenvalue weighted by molar-refractivity contribution is -0.384. The Labute approximate surface area is 128 Å². The summed E-state index contributed by atoms with van der Waals surface area (Å²) in [6.45, 7) is 3.63. The summed E-state index contributed by atoms with van der Waals surface area (Å²) in [6.07, 6.45) is 4.24. The minimum absolute atomic E-state index is 0.131.